The minimum atomic E-state index is -0.532. The molecule has 2 aromatic rings. The van der Waals surface area contributed by atoms with E-state index in [4.69, 9.17) is 4.74 Å². The maximum atomic E-state index is 12.3. The van der Waals surface area contributed by atoms with Crippen molar-refractivity contribution in [3.63, 3.8) is 0 Å². The van der Waals surface area contributed by atoms with Crippen LogP contribution < -0.4 is 15.4 Å². The van der Waals surface area contributed by atoms with Crippen LogP contribution in [0.2, 0.25) is 0 Å². The number of nitrogens with one attached hydrogen (secondary N) is 2. The molecule has 0 bridgehead atoms. The van der Waals surface area contributed by atoms with Crippen LogP contribution in [0.1, 0.15) is 18.5 Å². The number of benzene rings is 2. The largest absolute Gasteiger partial charge is 0.497 e. The number of amides is 1. The number of nitro groups is 1. The Kier molecular flexibility index (Phi) is 6.49. The number of nitriles is 1. The van der Waals surface area contributed by atoms with Gasteiger partial charge in [0.05, 0.1) is 18.1 Å². The van der Waals surface area contributed by atoms with Crippen LogP contribution in [0.5, 0.6) is 5.75 Å². The lowest BCUT2D eigenvalue weighted by atomic mass is 10.1. The summed E-state index contributed by atoms with van der Waals surface area (Å²) in [5.74, 6) is 0.178. The van der Waals surface area contributed by atoms with Gasteiger partial charge in [0.1, 0.15) is 17.4 Å². The molecule has 0 saturated carbocycles. The van der Waals surface area contributed by atoms with Crippen LogP contribution >= 0.6 is 0 Å². The van der Waals surface area contributed by atoms with Crippen molar-refractivity contribution in [1.82, 2.24) is 5.32 Å². The molecule has 0 fully saturated rings. The van der Waals surface area contributed by atoms with Crippen LogP contribution in [0.4, 0.5) is 11.4 Å². The van der Waals surface area contributed by atoms with Crippen molar-refractivity contribution >= 4 is 17.3 Å². The molecule has 0 aliphatic carbocycles. The van der Waals surface area contributed by atoms with Crippen LogP contribution in [0.3, 0.4) is 0 Å². The fourth-order valence-electron chi connectivity index (χ4n) is 2.23. The lowest BCUT2D eigenvalue weighted by molar-refractivity contribution is -0.384. The molecule has 8 nitrogen and oxygen atoms in total. The number of ether oxygens (including phenoxy) is 1. The van der Waals surface area contributed by atoms with Crippen molar-refractivity contribution in [1.29, 1.82) is 5.26 Å². The second kappa shape index (κ2) is 9.01. The van der Waals surface area contributed by atoms with Crippen molar-refractivity contribution in [2.75, 3.05) is 12.4 Å². The summed E-state index contributed by atoms with van der Waals surface area (Å²) in [6, 6.07) is 14.4. The quantitative estimate of drug-likeness (QED) is 0.336. The van der Waals surface area contributed by atoms with E-state index in [1.54, 1.807) is 26.2 Å². The van der Waals surface area contributed by atoms with E-state index in [1.807, 2.05) is 18.2 Å². The van der Waals surface area contributed by atoms with Crippen LogP contribution in [0.15, 0.2) is 60.3 Å². The molecular weight excluding hydrogens is 348 g/mol. The summed E-state index contributed by atoms with van der Waals surface area (Å²) in [6.45, 7) is 1.80. The molecule has 0 radical (unpaired) electrons. The van der Waals surface area contributed by atoms with Gasteiger partial charge in [0.2, 0.25) is 0 Å². The van der Waals surface area contributed by atoms with Crippen molar-refractivity contribution in [2.45, 2.75) is 13.0 Å². The summed E-state index contributed by atoms with van der Waals surface area (Å²) < 4.78 is 5.09. The highest BCUT2D eigenvalue weighted by Gasteiger charge is 2.14. The van der Waals surface area contributed by atoms with Gasteiger partial charge < -0.3 is 15.4 Å². The average molecular weight is 366 g/mol. The van der Waals surface area contributed by atoms with Crippen molar-refractivity contribution in [3.05, 3.63) is 76.0 Å². The molecule has 27 heavy (non-hydrogen) atoms. The Morgan fingerprint density at radius 2 is 1.85 bits per heavy atom. The minimum absolute atomic E-state index is 0.0453. The Bertz CT molecular complexity index is 883. The van der Waals surface area contributed by atoms with Crippen LogP contribution in [0, 0.1) is 21.4 Å². The number of hydrogen-bond donors (Lipinski definition) is 2. The molecule has 2 rings (SSSR count). The van der Waals surface area contributed by atoms with Gasteiger partial charge in [0.15, 0.2) is 0 Å². The molecule has 0 aliphatic heterocycles. The predicted octanol–water partition coefficient (Wildman–Crippen LogP) is 3.30. The summed E-state index contributed by atoms with van der Waals surface area (Å²) in [5.41, 5.74) is 1.22. The van der Waals surface area contributed by atoms with E-state index >= 15 is 0 Å². The Morgan fingerprint density at radius 1 is 1.22 bits per heavy atom. The van der Waals surface area contributed by atoms with Gasteiger partial charge in [-0.15, -0.1) is 0 Å². The van der Waals surface area contributed by atoms with Crippen molar-refractivity contribution in [2.24, 2.45) is 0 Å². The number of nitro benzene ring substituents is 1. The Morgan fingerprint density at radius 3 is 2.37 bits per heavy atom. The standard InChI is InChI=1S/C19H18N4O4/c1-13(14-3-9-18(27-2)10-4-14)22-19(24)15(11-20)12-21-16-5-7-17(8-6-16)23(25)26/h3-10,12-13,21H,1-2H3,(H,22,24)/b15-12-. The average Bonchev–Trinajstić information content (AvgIpc) is 2.68. The third kappa shape index (κ3) is 5.31. The van der Waals surface area contributed by atoms with E-state index in [2.05, 4.69) is 10.6 Å². The summed E-state index contributed by atoms with van der Waals surface area (Å²) in [4.78, 5) is 22.4. The molecule has 0 saturated heterocycles. The molecule has 1 amide bonds. The highest BCUT2D eigenvalue weighted by molar-refractivity contribution is 5.97. The smallest absolute Gasteiger partial charge is 0.269 e. The van der Waals surface area contributed by atoms with Gasteiger partial charge in [-0.2, -0.15) is 5.26 Å². The molecule has 1 atom stereocenters. The second-order valence-corrected chi connectivity index (χ2v) is 5.59. The fraction of sp³-hybridized carbons (Fsp3) is 0.158. The van der Waals surface area contributed by atoms with Crippen LogP contribution in [-0.4, -0.2) is 17.9 Å². The topological polar surface area (TPSA) is 117 Å². The first-order valence-electron chi connectivity index (χ1n) is 8.00. The second-order valence-electron chi connectivity index (χ2n) is 5.59. The van der Waals surface area contributed by atoms with Crippen LogP contribution in [0.25, 0.3) is 0 Å². The van der Waals surface area contributed by atoms with Gasteiger partial charge in [-0.05, 0) is 36.8 Å². The lowest BCUT2D eigenvalue weighted by Crippen LogP contribution is -2.28. The van der Waals surface area contributed by atoms with E-state index < -0.39 is 10.8 Å². The number of nitrogens with zero attached hydrogens (tertiary/aromatic N) is 2. The number of rotatable bonds is 7. The van der Waals surface area contributed by atoms with Gasteiger partial charge in [0.25, 0.3) is 11.6 Å². The molecule has 138 valence electrons. The molecule has 0 aromatic heterocycles. The first kappa shape index (κ1) is 19.5. The number of methoxy groups -OCH3 is 1. The van der Waals surface area contributed by atoms with Gasteiger partial charge >= 0.3 is 0 Å². The maximum absolute atomic E-state index is 12.3. The van der Waals surface area contributed by atoms with Gasteiger partial charge in [0, 0.05) is 24.0 Å². The number of anilines is 1. The van der Waals surface area contributed by atoms with E-state index in [0.29, 0.717) is 11.4 Å². The zero-order valence-corrected chi connectivity index (χ0v) is 14.8. The monoisotopic (exact) mass is 366 g/mol. The maximum Gasteiger partial charge on any atom is 0.269 e. The number of carbonyl (C=O) groups is 1. The van der Waals surface area contributed by atoms with E-state index in [1.165, 1.54) is 30.5 Å². The summed E-state index contributed by atoms with van der Waals surface area (Å²) in [6.07, 6.45) is 1.26. The molecular formula is C19H18N4O4. The van der Waals surface area contributed by atoms with E-state index in [9.17, 15) is 20.2 Å². The Hall–Kier alpha value is -3.86. The van der Waals surface area contributed by atoms with E-state index in [0.717, 1.165) is 5.56 Å². The molecule has 1 unspecified atom stereocenters. The highest BCUT2D eigenvalue weighted by atomic mass is 16.6. The zero-order valence-electron chi connectivity index (χ0n) is 14.8. The lowest BCUT2D eigenvalue weighted by Gasteiger charge is -2.14. The van der Waals surface area contributed by atoms with Gasteiger partial charge in [-0.1, -0.05) is 12.1 Å². The Labute approximate surface area is 156 Å². The molecule has 8 heteroatoms. The van der Waals surface area contributed by atoms with Gasteiger partial charge in [-0.25, -0.2) is 0 Å². The summed E-state index contributed by atoms with van der Waals surface area (Å²) >= 11 is 0. The molecule has 2 aromatic carbocycles. The normalized spacial score (nSPS) is 11.8. The highest BCUT2D eigenvalue weighted by Crippen LogP contribution is 2.18. The third-order valence-electron chi connectivity index (χ3n) is 3.79. The summed E-state index contributed by atoms with van der Waals surface area (Å²) in [5, 5.41) is 25.4. The molecule has 0 spiro atoms. The first-order chi connectivity index (χ1) is 12.9. The fourth-order valence-corrected chi connectivity index (χ4v) is 2.23. The third-order valence-corrected chi connectivity index (χ3v) is 3.79. The SMILES string of the molecule is COc1ccc(C(C)NC(=O)/C(C#N)=C\Nc2ccc([N+](=O)[O-])cc2)cc1. The number of hydrogen-bond acceptors (Lipinski definition) is 6. The minimum Gasteiger partial charge on any atom is -0.497 e. The summed E-state index contributed by atoms with van der Waals surface area (Å²) in [7, 11) is 1.57. The number of carbonyl (C=O) groups excluding carboxylic acids is 1. The number of non-ortho nitro benzene ring substituents is 1. The van der Waals surface area contributed by atoms with E-state index in [-0.39, 0.29) is 17.3 Å². The predicted molar refractivity (Wildman–Crippen MR) is 100.0 cm³/mol. The van der Waals surface area contributed by atoms with Crippen LogP contribution in [-0.2, 0) is 4.79 Å². The van der Waals surface area contributed by atoms with Crippen molar-refractivity contribution < 1.29 is 14.5 Å². The molecule has 0 aliphatic rings. The van der Waals surface area contributed by atoms with Crippen molar-refractivity contribution in [3.8, 4) is 11.8 Å². The Balaban J connectivity index is 2.02. The molecule has 0 heterocycles. The zero-order chi connectivity index (χ0) is 19.8. The van der Waals surface area contributed by atoms with Gasteiger partial charge in [-0.3, -0.25) is 14.9 Å². The molecule has 2 N–H and O–H groups in total. The first-order valence-corrected chi connectivity index (χ1v) is 8.00.